The predicted molar refractivity (Wildman–Crippen MR) is 91.5 cm³/mol. The maximum Gasteiger partial charge on any atom is 0.316 e. The van der Waals surface area contributed by atoms with Crippen LogP contribution in [-0.4, -0.2) is 55.3 Å². The molecule has 2 unspecified atom stereocenters. The highest BCUT2D eigenvalue weighted by atomic mass is 32.2. The van der Waals surface area contributed by atoms with Gasteiger partial charge in [0, 0.05) is 24.3 Å². The molecule has 1 aromatic rings. The second kappa shape index (κ2) is 6.20. The number of carbonyl (C=O) groups is 2. The maximum atomic E-state index is 12.8. The van der Waals surface area contributed by atoms with Crippen molar-refractivity contribution in [3.8, 4) is 0 Å². The average molecular weight is 350 g/mol. The lowest BCUT2D eigenvalue weighted by molar-refractivity contribution is -0.145. The second-order valence-electron chi connectivity index (χ2n) is 6.51. The summed E-state index contributed by atoms with van der Waals surface area (Å²) in [6, 6.07) is 7.10. The normalized spacial score (nSPS) is 24.7. The Kier molecular flexibility index (Phi) is 4.38. The average Bonchev–Trinajstić information content (AvgIpc) is 3.06. The van der Waals surface area contributed by atoms with Crippen molar-refractivity contribution in [3.63, 3.8) is 0 Å². The zero-order chi connectivity index (χ0) is 17.5. The van der Waals surface area contributed by atoms with Crippen LogP contribution in [0.15, 0.2) is 24.3 Å². The lowest BCUT2D eigenvalue weighted by Crippen LogP contribution is -2.51. The van der Waals surface area contributed by atoms with Crippen molar-refractivity contribution in [2.45, 2.75) is 38.8 Å². The van der Waals surface area contributed by atoms with E-state index in [9.17, 15) is 18.0 Å². The lowest BCUT2D eigenvalue weighted by Gasteiger charge is -2.29. The topological polar surface area (TPSA) is 74.8 Å². The minimum absolute atomic E-state index is 0.0496. The fourth-order valence-electron chi connectivity index (χ4n) is 3.69. The molecule has 1 saturated heterocycles. The van der Waals surface area contributed by atoms with Crippen LogP contribution in [0.2, 0.25) is 0 Å². The minimum atomic E-state index is -3.11. The van der Waals surface area contributed by atoms with Crippen molar-refractivity contribution in [2.75, 3.05) is 23.0 Å². The van der Waals surface area contributed by atoms with E-state index < -0.39 is 27.7 Å². The molecule has 0 aromatic heterocycles. The third kappa shape index (κ3) is 2.92. The molecule has 2 heterocycles. The van der Waals surface area contributed by atoms with Crippen molar-refractivity contribution in [1.82, 2.24) is 4.90 Å². The largest absolute Gasteiger partial charge is 0.331 e. The number of carbonyl (C=O) groups excluding carboxylic acids is 2. The standard InChI is InChI=1S/C17H22N2O4S/c1-3-18(14-8-9-24(22,23)11-14)16(20)17(21)19-12(2)10-13-6-4-5-7-15(13)19/h4-7,12,14H,3,8-11H2,1-2H3. The van der Waals surface area contributed by atoms with Gasteiger partial charge in [0.15, 0.2) is 9.84 Å². The maximum absolute atomic E-state index is 12.8. The van der Waals surface area contributed by atoms with E-state index in [2.05, 4.69) is 0 Å². The second-order valence-corrected chi connectivity index (χ2v) is 8.73. The Morgan fingerprint density at radius 2 is 2.00 bits per heavy atom. The van der Waals surface area contributed by atoms with Crippen LogP contribution in [0.1, 0.15) is 25.8 Å². The van der Waals surface area contributed by atoms with Crippen LogP contribution in [0, 0.1) is 0 Å². The van der Waals surface area contributed by atoms with Gasteiger partial charge in [0.25, 0.3) is 0 Å². The van der Waals surface area contributed by atoms with Gasteiger partial charge in [-0.2, -0.15) is 0 Å². The molecule has 24 heavy (non-hydrogen) atoms. The number of para-hydroxylation sites is 1. The fraction of sp³-hybridized carbons (Fsp3) is 0.529. The predicted octanol–water partition coefficient (Wildman–Crippen LogP) is 1.000. The first-order valence-electron chi connectivity index (χ1n) is 8.26. The van der Waals surface area contributed by atoms with Crippen molar-refractivity contribution in [2.24, 2.45) is 0 Å². The molecule has 1 fully saturated rings. The number of anilines is 1. The molecule has 2 atom stereocenters. The number of likely N-dealkylation sites (N-methyl/N-ethyl adjacent to an activating group) is 1. The van der Waals surface area contributed by atoms with Gasteiger partial charge in [-0.05, 0) is 38.3 Å². The molecular weight excluding hydrogens is 328 g/mol. The molecule has 0 radical (unpaired) electrons. The van der Waals surface area contributed by atoms with Crippen molar-refractivity contribution in [3.05, 3.63) is 29.8 Å². The summed E-state index contributed by atoms with van der Waals surface area (Å²) in [6.45, 7) is 4.02. The highest BCUT2D eigenvalue weighted by molar-refractivity contribution is 7.91. The van der Waals surface area contributed by atoms with Crippen molar-refractivity contribution >= 4 is 27.3 Å². The number of hydrogen-bond donors (Lipinski definition) is 0. The SMILES string of the molecule is CCN(C(=O)C(=O)N1c2ccccc2CC1C)C1CCS(=O)(=O)C1. The molecule has 0 N–H and O–H groups in total. The molecule has 3 rings (SSSR count). The zero-order valence-corrected chi connectivity index (χ0v) is 14.8. The molecule has 2 amide bonds. The molecular formula is C17H22N2O4S. The van der Waals surface area contributed by atoms with E-state index in [-0.39, 0.29) is 17.5 Å². The minimum Gasteiger partial charge on any atom is -0.331 e. The number of sulfone groups is 1. The van der Waals surface area contributed by atoms with Gasteiger partial charge in [-0.15, -0.1) is 0 Å². The zero-order valence-electron chi connectivity index (χ0n) is 13.9. The van der Waals surface area contributed by atoms with E-state index in [1.165, 1.54) is 4.90 Å². The van der Waals surface area contributed by atoms with Gasteiger partial charge in [-0.25, -0.2) is 8.42 Å². The van der Waals surface area contributed by atoms with Gasteiger partial charge in [-0.1, -0.05) is 18.2 Å². The fourth-order valence-corrected chi connectivity index (χ4v) is 5.42. The Bertz CT molecular complexity index is 775. The summed E-state index contributed by atoms with van der Waals surface area (Å²) in [5, 5.41) is 0. The van der Waals surface area contributed by atoms with Gasteiger partial charge in [0.1, 0.15) is 0 Å². The van der Waals surface area contributed by atoms with E-state index >= 15 is 0 Å². The number of amides is 2. The number of benzene rings is 1. The first kappa shape index (κ1) is 17.0. The van der Waals surface area contributed by atoms with Crippen LogP contribution in [-0.2, 0) is 25.8 Å². The van der Waals surface area contributed by atoms with Gasteiger partial charge < -0.3 is 9.80 Å². The molecule has 0 bridgehead atoms. The summed E-state index contributed by atoms with van der Waals surface area (Å²) in [4.78, 5) is 28.5. The van der Waals surface area contributed by atoms with Gasteiger partial charge >= 0.3 is 11.8 Å². The first-order valence-corrected chi connectivity index (χ1v) is 10.1. The Morgan fingerprint density at radius 3 is 2.62 bits per heavy atom. The molecule has 6 nitrogen and oxygen atoms in total. The van der Waals surface area contributed by atoms with E-state index in [0.29, 0.717) is 13.0 Å². The summed E-state index contributed by atoms with van der Waals surface area (Å²) < 4.78 is 23.4. The number of fused-ring (bicyclic) bond motifs is 1. The van der Waals surface area contributed by atoms with E-state index in [1.54, 1.807) is 11.8 Å². The summed E-state index contributed by atoms with van der Waals surface area (Å²) in [6.07, 6.45) is 1.13. The Balaban J connectivity index is 1.83. The van der Waals surface area contributed by atoms with Crippen LogP contribution in [0.25, 0.3) is 0 Å². The Morgan fingerprint density at radius 1 is 1.29 bits per heavy atom. The van der Waals surface area contributed by atoms with Gasteiger partial charge in [0.05, 0.1) is 11.5 Å². The summed E-state index contributed by atoms with van der Waals surface area (Å²) in [5.74, 6) is -1.15. The molecule has 0 saturated carbocycles. The molecule has 1 aromatic carbocycles. The van der Waals surface area contributed by atoms with E-state index in [0.717, 1.165) is 17.7 Å². The Hall–Kier alpha value is -1.89. The van der Waals surface area contributed by atoms with Crippen molar-refractivity contribution in [1.29, 1.82) is 0 Å². The van der Waals surface area contributed by atoms with Crippen LogP contribution in [0.5, 0.6) is 0 Å². The van der Waals surface area contributed by atoms with Gasteiger partial charge in [0.2, 0.25) is 0 Å². The third-order valence-electron chi connectivity index (χ3n) is 4.86. The molecule has 2 aliphatic rings. The summed E-state index contributed by atoms with van der Waals surface area (Å²) in [5.41, 5.74) is 1.83. The third-order valence-corrected chi connectivity index (χ3v) is 6.61. The molecule has 0 aliphatic carbocycles. The Labute approximate surface area is 142 Å². The van der Waals surface area contributed by atoms with Gasteiger partial charge in [-0.3, -0.25) is 9.59 Å². The molecule has 7 heteroatoms. The van der Waals surface area contributed by atoms with Crippen molar-refractivity contribution < 1.29 is 18.0 Å². The van der Waals surface area contributed by atoms with E-state index in [1.807, 2.05) is 31.2 Å². The molecule has 0 spiro atoms. The smallest absolute Gasteiger partial charge is 0.316 e. The number of rotatable bonds is 2. The number of nitrogens with zero attached hydrogens (tertiary/aromatic N) is 2. The van der Waals surface area contributed by atoms with Crippen LogP contribution in [0.4, 0.5) is 5.69 Å². The summed E-state index contributed by atoms with van der Waals surface area (Å²) in [7, 11) is -3.11. The monoisotopic (exact) mass is 350 g/mol. The first-order chi connectivity index (χ1) is 11.3. The van der Waals surface area contributed by atoms with Crippen LogP contribution in [0.3, 0.4) is 0 Å². The quantitative estimate of drug-likeness (QED) is 0.746. The van der Waals surface area contributed by atoms with E-state index in [4.69, 9.17) is 0 Å². The molecule has 2 aliphatic heterocycles. The summed E-state index contributed by atoms with van der Waals surface area (Å²) >= 11 is 0. The highest BCUT2D eigenvalue weighted by Crippen LogP contribution is 2.32. The highest BCUT2D eigenvalue weighted by Gasteiger charge is 2.40. The molecule has 130 valence electrons. The number of hydrogen-bond acceptors (Lipinski definition) is 4. The van der Waals surface area contributed by atoms with Crippen LogP contribution >= 0.6 is 0 Å². The van der Waals surface area contributed by atoms with Crippen LogP contribution < -0.4 is 4.90 Å². The lowest BCUT2D eigenvalue weighted by atomic mass is 10.1.